The topological polar surface area (TPSA) is 35.8 Å². The van der Waals surface area contributed by atoms with E-state index < -0.39 is 0 Å². The SMILES string of the molecule is CN=C(NCCCN1CC(C)CC(C)C1)N(C)Cc1cccn1C.I. The van der Waals surface area contributed by atoms with Crippen molar-refractivity contribution in [1.29, 1.82) is 0 Å². The molecule has 1 saturated heterocycles. The van der Waals surface area contributed by atoms with Gasteiger partial charge in [0.15, 0.2) is 5.96 Å². The largest absolute Gasteiger partial charge is 0.356 e. The third kappa shape index (κ3) is 7.17. The Bertz CT molecular complexity index is 518. The summed E-state index contributed by atoms with van der Waals surface area (Å²) < 4.78 is 2.16. The normalized spacial score (nSPS) is 21.7. The number of hydrogen-bond donors (Lipinski definition) is 1. The van der Waals surface area contributed by atoms with E-state index >= 15 is 0 Å². The van der Waals surface area contributed by atoms with E-state index in [-0.39, 0.29) is 24.0 Å². The maximum Gasteiger partial charge on any atom is 0.193 e. The van der Waals surface area contributed by atoms with Gasteiger partial charge in [0.2, 0.25) is 0 Å². The van der Waals surface area contributed by atoms with Gasteiger partial charge in [-0.05, 0) is 43.4 Å². The standard InChI is InChI=1S/C19H35N5.HI/c1-16-12-17(2)14-24(13-16)11-7-9-21-19(20-3)23(5)15-18-8-6-10-22(18)4;/h6,8,10,16-17H,7,9,11-15H2,1-5H3,(H,20,21);1H. The van der Waals surface area contributed by atoms with Crippen LogP contribution in [0.15, 0.2) is 23.3 Å². The predicted octanol–water partition coefficient (Wildman–Crippen LogP) is 3.02. The van der Waals surface area contributed by atoms with Crippen molar-refractivity contribution in [3.63, 3.8) is 0 Å². The number of likely N-dealkylation sites (tertiary alicyclic amines) is 1. The van der Waals surface area contributed by atoms with E-state index in [0.29, 0.717) is 0 Å². The number of piperidine rings is 1. The molecule has 1 aromatic heterocycles. The lowest BCUT2D eigenvalue weighted by Crippen LogP contribution is -2.42. The molecule has 0 aromatic carbocycles. The third-order valence-corrected chi connectivity index (χ3v) is 4.90. The average molecular weight is 461 g/mol. The van der Waals surface area contributed by atoms with E-state index in [9.17, 15) is 0 Å². The van der Waals surface area contributed by atoms with Gasteiger partial charge in [0.25, 0.3) is 0 Å². The number of guanidine groups is 1. The van der Waals surface area contributed by atoms with Gasteiger partial charge in [-0.25, -0.2) is 0 Å². The van der Waals surface area contributed by atoms with E-state index in [4.69, 9.17) is 0 Å². The van der Waals surface area contributed by atoms with Crippen molar-refractivity contribution in [2.75, 3.05) is 40.3 Å². The minimum Gasteiger partial charge on any atom is -0.356 e. The Labute approximate surface area is 170 Å². The summed E-state index contributed by atoms with van der Waals surface area (Å²) in [7, 11) is 6.04. The molecule has 0 amide bonds. The first-order valence-corrected chi connectivity index (χ1v) is 9.24. The number of halogens is 1. The van der Waals surface area contributed by atoms with E-state index in [1.165, 1.54) is 31.7 Å². The first-order valence-electron chi connectivity index (χ1n) is 9.24. The minimum absolute atomic E-state index is 0. The Balaban J connectivity index is 0.00000312. The zero-order valence-corrected chi connectivity index (χ0v) is 18.9. The fourth-order valence-corrected chi connectivity index (χ4v) is 3.84. The molecule has 1 fully saturated rings. The molecule has 2 heterocycles. The molecule has 0 radical (unpaired) electrons. The van der Waals surface area contributed by atoms with Gasteiger partial charge in [-0.3, -0.25) is 4.99 Å². The molecule has 0 aliphatic carbocycles. The Morgan fingerprint density at radius 2 is 2.00 bits per heavy atom. The molecule has 1 aliphatic rings. The maximum absolute atomic E-state index is 4.42. The Kier molecular flexibility index (Phi) is 9.86. The van der Waals surface area contributed by atoms with Crippen molar-refractivity contribution in [3.05, 3.63) is 24.0 Å². The number of nitrogens with one attached hydrogen (secondary N) is 1. The van der Waals surface area contributed by atoms with Crippen LogP contribution in [0.3, 0.4) is 0 Å². The predicted molar refractivity (Wildman–Crippen MR) is 118 cm³/mol. The molecule has 5 nitrogen and oxygen atoms in total. The molecule has 1 N–H and O–H groups in total. The summed E-state index contributed by atoms with van der Waals surface area (Å²) in [6.07, 6.45) is 4.63. The summed E-state index contributed by atoms with van der Waals surface area (Å²) in [5, 5.41) is 3.50. The number of nitrogens with zero attached hydrogens (tertiary/aromatic N) is 4. The molecule has 6 heteroatoms. The van der Waals surface area contributed by atoms with Gasteiger partial charge in [0, 0.05) is 52.7 Å². The monoisotopic (exact) mass is 461 g/mol. The summed E-state index contributed by atoms with van der Waals surface area (Å²) in [4.78, 5) is 9.22. The summed E-state index contributed by atoms with van der Waals surface area (Å²) in [6, 6.07) is 4.24. The highest BCUT2D eigenvalue weighted by molar-refractivity contribution is 14.0. The second kappa shape index (κ2) is 11.1. The first-order chi connectivity index (χ1) is 11.5. The number of aryl methyl sites for hydroxylation is 1. The summed E-state index contributed by atoms with van der Waals surface area (Å²) in [5.74, 6) is 2.65. The van der Waals surface area contributed by atoms with Gasteiger partial charge >= 0.3 is 0 Å². The highest BCUT2D eigenvalue weighted by Gasteiger charge is 2.21. The number of aliphatic imine (C=N–C) groups is 1. The van der Waals surface area contributed by atoms with Crippen LogP contribution in [0.4, 0.5) is 0 Å². The summed E-state index contributed by atoms with van der Waals surface area (Å²) in [6.45, 7) is 10.3. The zero-order valence-electron chi connectivity index (χ0n) is 16.5. The van der Waals surface area contributed by atoms with E-state index in [1.807, 2.05) is 7.05 Å². The van der Waals surface area contributed by atoms with Crippen molar-refractivity contribution in [1.82, 2.24) is 19.7 Å². The molecular formula is C19H36IN5. The lowest BCUT2D eigenvalue weighted by molar-refractivity contribution is 0.140. The van der Waals surface area contributed by atoms with Crippen molar-refractivity contribution >= 4 is 29.9 Å². The second-order valence-corrected chi connectivity index (χ2v) is 7.50. The molecule has 2 unspecified atom stereocenters. The van der Waals surface area contributed by atoms with Gasteiger partial charge in [-0.2, -0.15) is 0 Å². The van der Waals surface area contributed by atoms with Crippen LogP contribution in [0.5, 0.6) is 0 Å². The van der Waals surface area contributed by atoms with Crippen LogP contribution in [0.2, 0.25) is 0 Å². The molecule has 2 rings (SSSR count). The molecule has 0 spiro atoms. The van der Waals surface area contributed by atoms with Gasteiger partial charge in [-0.1, -0.05) is 13.8 Å². The number of rotatable bonds is 6. The number of aromatic nitrogens is 1. The van der Waals surface area contributed by atoms with Crippen molar-refractivity contribution < 1.29 is 0 Å². The first kappa shape index (κ1) is 22.3. The highest BCUT2D eigenvalue weighted by Crippen LogP contribution is 2.20. The fraction of sp³-hybridized carbons (Fsp3) is 0.737. The quantitative estimate of drug-likeness (QED) is 0.306. The van der Waals surface area contributed by atoms with Crippen LogP contribution in [0, 0.1) is 11.8 Å². The zero-order chi connectivity index (χ0) is 17.5. The van der Waals surface area contributed by atoms with Gasteiger partial charge in [0.05, 0.1) is 6.54 Å². The third-order valence-electron chi connectivity index (χ3n) is 4.90. The lowest BCUT2D eigenvalue weighted by atomic mass is 9.92. The van der Waals surface area contributed by atoms with Crippen molar-refractivity contribution in [3.8, 4) is 0 Å². The van der Waals surface area contributed by atoms with Gasteiger partial charge in [0.1, 0.15) is 0 Å². The van der Waals surface area contributed by atoms with Crippen LogP contribution in [0.25, 0.3) is 0 Å². The Hall–Kier alpha value is -0.760. The van der Waals surface area contributed by atoms with Crippen LogP contribution >= 0.6 is 24.0 Å². The molecule has 1 aromatic rings. The van der Waals surface area contributed by atoms with Crippen molar-refractivity contribution in [2.45, 2.75) is 33.2 Å². The molecular weight excluding hydrogens is 425 g/mol. The summed E-state index contributed by atoms with van der Waals surface area (Å²) in [5.41, 5.74) is 1.29. The van der Waals surface area contributed by atoms with Gasteiger partial charge in [-0.15, -0.1) is 24.0 Å². The van der Waals surface area contributed by atoms with Gasteiger partial charge < -0.3 is 19.7 Å². The second-order valence-electron chi connectivity index (χ2n) is 7.50. The van der Waals surface area contributed by atoms with Crippen LogP contribution in [0.1, 0.15) is 32.4 Å². The van der Waals surface area contributed by atoms with E-state index in [1.54, 1.807) is 0 Å². The van der Waals surface area contributed by atoms with Crippen LogP contribution < -0.4 is 5.32 Å². The lowest BCUT2D eigenvalue weighted by Gasteiger charge is -2.35. The Morgan fingerprint density at radius 1 is 1.32 bits per heavy atom. The molecule has 2 atom stereocenters. The molecule has 144 valence electrons. The molecule has 0 saturated carbocycles. The molecule has 25 heavy (non-hydrogen) atoms. The molecule has 1 aliphatic heterocycles. The smallest absolute Gasteiger partial charge is 0.193 e. The van der Waals surface area contributed by atoms with Crippen molar-refractivity contribution in [2.24, 2.45) is 23.9 Å². The van der Waals surface area contributed by atoms with Crippen LogP contribution in [-0.4, -0.2) is 60.6 Å². The average Bonchev–Trinajstić information content (AvgIpc) is 2.91. The van der Waals surface area contributed by atoms with E-state index in [2.05, 4.69) is 70.9 Å². The maximum atomic E-state index is 4.42. The van der Waals surface area contributed by atoms with E-state index in [0.717, 1.165) is 37.3 Å². The molecule has 0 bridgehead atoms. The fourth-order valence-electron chi connectivity index (χ4n) is 3.84. The summed E-state index contributed by atoms with van der Waals surface area (Å²) >= 11 is 0. The van der Waals surface area contributed by atoms with Crippen LogP contribution in [-0.2, 0) is 13.6 Å². The number of hydrogen-bond acceptors (Lipinski definition) is 2. The minimum atomic E-state index is 0. The Morgan fingerprint density at radius 3 is 2.56 bits per heavy atom. The highest BCUT2D eigenvalue weighted by atomic mass is 127.